The summed E-state index contributed by atoms with van der Waals surface area (Å²) in [5.74, 6) is 0. The molecule has 5 heteroatoms. The summed E-state index contributed by atoms with van der Waals surface area (Å²) in [6.45, 7) is 15.7. The van der Waals surface area contributed by atoms with Crippen LogP contribution in [-0.2, 0) is 4.74 Å². The molecule has 1 unspecified atom stereocenters. The second-order valence-electron chi connectivity index (χ2n) is 8.20. The van der Waals surface area contributed by atoms with E-state index in [9.17, 15) is 4.79 Å². The topological polar surface area (TPSA) is 53.6 Å². The van der Waals surface area contributed by atoms with Crippen LogP contribution in [0.5, 0.6) is 0 Å². The van der Waals surface area contributed by atoms with Gasteiger partial charge in [0.25, 0.3) is 0 Å². The summed E-state index contributed by atoms with van der Waals surface area (Å²) >= 11 is 0. The van der Waals surface area contributed by atoms with Crippen LogP contribution in [-0.4, -0.2) is 54.4 Å². The van der Waals surface area contributed by atoms with Gasteiger partial charge in [-0.3, -0.25) is 0 Å². The zero-order valence-corrected chi connectivity index (χ0v) is 15.3. The summed E-state index contributed by atoms with van der Waals surface area (Å²) in [5.41, 5.74) is -0.280. The lowest BCUT2D eigenvalue weighted by Crippen LogP contribution is -2.51. The van der Waals surface area contributed by atoms with Crippen molar-refractivity contribution < 1.29 is 9.53 Å². The molecular weight excluding hydrogens is 278 g/mol. The Morgan fingerprint density at radius 1 is 1.14 bits per heavy atom. The van der Waals surface area contributed by atoms with Crippen molar-refractivity contribution in [1.82, 2.24) is 15.5 Å². The summed E-state index contributed by atoms with van der Waals surface area (Å²) in [5, 5.41) is 6.92. The molecule has 0 bridgehead atoms. The molecule has 1 rings (SSSR count). The van der Waals surface area contributed by atoms with Gasteiger partial charge in [0.1, 0.15) is 5.60 Å². The Morgan fingerprint density at radius 3 is 2.41 bits per heavy atom. The fourth-order valence-corrected chi connectivity index (χ4v) is 2.57. The molecule has 0 spiro atoms. The average molecular weight is 313 g/mol. The highest BCUT2D eigenvalue weighted by Gasteiger charge is 2.30. The first-order chi connectivity index (χ1) is 10.1. The van der Waals surface area contributed by atoms with Crippen LogP contribution in [0.2, 0.25) is 0 Å². The Labute approximate surface area is 136 Å². The second kappa shape index (κ2) is 8.16. The monoisotopic (exact) mass is 313 g/mol. The summed E-state index contributed by atoms with van der Waals surface area (Å²) in [6.07, 6.45) is 3.14. The van der Waals surface area contributed by atoms with Crippen LogP contribution in [0.4, 0.5) is 4.79 Å². The van der Waals surface area contributed by atoms with Gasteiger partial charge in [0.2, 0.25) is 0 Å². The fraction of sp³-hybridized carbons (Fsp3) is 0.941. The molecular formula is C17H35N3O2. The molecule has 0 radical (unpaired) electrons. The van der Waals surface area contributed by atoms with E-state index in [2.05, 4.69) is 31.4 Å². The molecule has 1 aliphatic heterocycles. The number of likely N-dealkylation sites (tertiary alicyclic amines) is 1. The quantitative estimate of drug-likeness (QED) is 0.766. The highest BCUT2D eigenvalue weighted by atomic mass is 16.6. The number of amides is 1. The highest BCUT2D eigenvalue weighted by Crippen LogP contribution is 2.19. The van der Waals surface area contributed by atoms with E-state index in [0.29, 0.717) is 0 Å². The molecule has 5 nitrogen and oxygen atoms in total. The minimum Gasteiger partial charge on any atom is -0.444 e. The minimum absolute atomic E-state index is 0.148. The Morgan fingerprint density at radius 2 is 1.82 bits per heavy atom. The van der Waals surface area contributed by atoms with Crippen molar-refractivity contribution >= 4 is 6.09 Å². The van der Waals surface area contributed by atoms with E-state index < -0.39 is 5.60 Å². The van der Waals surface area contributed by atoms with Gasteiger partial charge in [-0.25, -0.2) is 4.79 Å². The largest absolute Gasteiger partial charge is 0.444 e. The summed E-state index contributed by atoms with van der Waals surface area (Å²) in [7, 11) is 0. The smallest absolute Gasteiger partial charge is 0.410 e. The van der Waals surface area contributed by atoms with Crippen molar-refractivity contribution in [2.45, 2.75) is 78.0 Å². The molecule has 0 aromatic rings. The first-order valence-electron chi connectivity index (χ1n) is 8.54. The number of ether oxygens (including phenoxy) is 1. The molecule has 2 N–H and O–H groups in total. The average Bonchev–Trinajstić information content (AvgIpc) is 2.35. The zero-order valence-electron chi connectivity index (χ0n) is 15.3. The number of carbonyl (C=O) groups excluding carboxylic acids is 1. The zero-order chi connectivity index (χ0) is 16.8. The predicted molar refractivity (Wildman–Crippen MR) is 91.2 cm³/mol. The maximum atomic E-state index is 12.3. The van der Waals surface area contributed by atoms with Crippen molar-refractivity contribution in [1.29, 1.82) is 0 Å². The molecule has 1 heterocycles. The first-order valence-corrected chi connectivity index (χ1v) is 8.54. The van der Waals surface area contributed by atoms with E-state index in [1.807, 2.05) is 25.7 Å². The van der Waals surface area contributed by atoms with Gasteiger partial charge in [-0.2, -0.15) is 0 Å². The van der Waals surface area contributed by atoms with E-state index in [1.165, 1.54) is 6.42 Å². The summed E-state index contributed by atoms with van der Waals surface area (Å²) in [4.78, 5) is 14.2. The van der Waals surface area contributed by atoms with Gasteiger partial charge in [0, 0.05) is 37.8 Å². The number of carbonyl (C=O) groups is 1. The van der Waals surface area contributed by atoms with Gasteiger partial charge in [0.15, 0.2) is 0 Å². The molecule has 1 fully saturated rings. The van der Waals surface area contributed by atoms with Gasteiger partial charge in [-0.05, 0) is 60.8 Å². The third kappa shape index (κ3) is 7.99. The Hall–Kier alpha value is -0.810. The summed E-state index contributed by atoms with van der Waals surface area (Å²) in [6, 6.07) is 0.248. The van der Waals surface area contributed by atoms with Crippen molar-refractivity contribution in [3.8, 4) is 0 Å². The third-order valence-corrected chi connectivity index (χ3v) is 3.59. The van der Waals surface area contributed by atoms with Crippen molar-refractivity contribution in [3.05, 3.63) is 0 Å². The third-order valence-electron chi connectivity index (χ3n) is 3.59. The Kier molecular flexibility index (Phi) is 7.13. The predicted octanol–water partition coefficient (Wildman–Crippen LogP) is 2.75. The summed E-state index contributed by atoms with van der Waals surface area (Å²) < 4.78 is 5.53. The van der Waals surface area contributed by atoms with Crippen LogP contribution >= 0.6 is 0 Å². The van der Waals surface area contributed by atoms with Crippen molar-refractivity contribution in [3.63, 3.8) is 0 Å². The lowest BCUT2D eigenvalue weighted by molar-refractivity contribution is 0.00999. The van der Waals surface area contributed by atoms with Crippen molar-refractivity contribution in [2.24, 2.45) is 0 Å². The van der Waals surface area contributed by atoms with Crippen LogP contribution in [0.25, 0.3) is 0 Å². The number of hydrogen-bond acceptors (Lipinski definition) is 4. The van der Waals surface area contributed by atoms with E-state index in [4.69, 9.17) is 4.74 Å². The number of nitrogens with zero attached hydrogens (tertiary/aromatic N) is 1. The lowest BCUT2D eigenvalue weighted by Gasteiger charge is -2.37. The van der Waals surface area contributed by atoms with Gasteiger partial charge in [0.05, 0.1) is 0 Å². The van der Waals surface area contributed by atoms with E-state index in [1.54, 1.807) is 0 Å². The maximum Gasteiger partial charge on any atom is 0.410 e. The number of piperidine rings is 1. The van der Waals surface area contributed by atoms with Gasteiger partial charge >= 0.3 is 6.09 Å². The molecule has 1 saturated heterocycles. The number of rotatable bonds is 5. The molecule has 0 saturated carbocycles. The highest BCUT2D eigenvalue weighted by molar-refractivity contribution is 5.68. The van der Waals surface area contributed by atoms with E-state index in [-0.39, 0.29) is 17.7 Å². The Balaban J connectivity index is 2.37. The van der Waals surface area contributed by atoms with Gasteiger partial charge in [-0.15, -0.1) is 0 Å². The molecule has 0 aromatic carbocycles. The van der Waals surface area contributed by atoms with Gasteiger partial charge < -0.3 is 20.3 Å². The maximum absolute atomic E-state index is 12.3. The molecule has 0 aromatic heterocycles. The minimum atomic E-state index is -0.427. The molecule has 0 aliphatic carbocycles. The Bertz CT molecular complexity index is 345. The lowest BCUT2D eigenvalue weighted by atomic mass is 10.0. The second-order valence-corrected chi connectivity index (χ2v) is 8.20. The molecule has 1 amide bonds. The molecule has 22 heavy (non-hydrogen) atoms. The van der Waals surface area contributed by atoms with Crippen molar-refractivity contribution in [2.75, 3.05) is 26.2 Å². The first kappa shape index (κ1) is 19.2. The van der Waals surface area contributed by atoms with Crippen LogP contribution in [0.15, 0.2) is 0 Å². The fourth-order valence-electron chi connectivity index (χ4n) is 2.57. The van der Waals surface area contributed by atoms with Gasteiger partial charge in [-0.1, -0.05) is 0 Å². The van der Waals surface area contributed by atoms with E-state index in [0.717, 1.165) is 39.0 Å². The van der Waals surface area contributed by atoms with Crippen LogP contribution < -0.4 is 10.6 Å². The van der Waals surface area contributed by atoms with Crippen LogP contribution in [0.1, 0.15) is 60.8 Å². The molecule has 130 valence electrons. The van der Waals surface area contributed by atoms with Crippen LogP contribution in [0.3, 0.4) is 0 Å². The molecule has 1 atom stereocenters. The van der Waals surface area contributed by atoms with Crippen LogP contribution in [0, 0.1) is 0 Å². The normalized spacial score (nSPS) is 20.1. The standard InChI is InChI=1S/C17H35N3O2/c1-16(2,3)19-11-10-18-13-14-9-7-8-12-20(14)15(21)22-17(4,5)6/h14,18-19H,7-13H2,1-6H3. The molecule has 1 aliphatic rings. The number of hydrogen-bond donors (Lipinski definition) is 2. The van der Waals surface area contributed by atoms with E-state index >= 15 is 0 Å². The SMILES string of the molecule is CC(C)(C)NCCNCC1CCCCN1C(=O)OC(C)(C)C. The number of nitrogens with one attached hydrogen (secondary N) is 2.